The van der Waals surface area contributed by atoms with E-state index in [4.69, 9.17) is 5.84 Å². The number of hydrogen-bond acceptors (Lipinski definition) is 4. The van der Waals surface area contributed by atoms with Crippen LogP contribution in [0.4, 0.5) is 0 Å². The molecule has 2 rings (SSSR count). The number of nitrogens with two attached hydrogens (primary N) is 1. The Morgan fingerprint density at radius 3 is 2.88 bits per heavy atom. The lowest BCUT2D eigenvalue weighted by atomic mass is 10.1. The Morgan fingerprint density at radius 1 is 1.44 bits per heavy atom. The predicted molar refractivity (Wildman–Crippen MR) is 70.0 cm³/mol. The first-order chi connectivity index (χ1) is 7.79. The van der Waals surface area contributed by atoms with E-state index in [1.165, 1.54) is 5.56 Å². The molecule has 1 unspecified atom stereocenters. The fraction of sp³-hybridized carbons (Fsp3) is 0.182. The number of aromatic nitrogens is 1. The van der Waals surface area contributed by atoms with Gasteiger partial charge in [-0.2, -0.15) is 11.3 Å². The van der Waals surface area contributed by atoms with Gasteiger partial charge in [-0.15, -0.1) is 0 Å². The summed E-state index contributed by atoms with van der Waals surface area (Å²) in [6, 6.07) is 6.11. The second-order valence-corrected chi connectivity index (χ2v) is 5.15. The van der Waals surface area contributed by atoms with E-state index in [1.54, 1.807) is 17.5 Å². The maximum absolute atomic E-state index is 5.56. The molecular weight excluding hydrogens is 286 g/mol. The highest BCUT2D eigenvalue weighted by atomic mass is 79.9. The number of hydrogen-bond donors (Lipinski definition) is 2. The molecule has 3 N–H and O–H groups in total. The zero-order chi connectivity index (χ0) is 11.4. The van der Waals surface area contributed by atoms with Crippen molar-refractivity contribution in [2.24, 2.45) is 5.84 Å². The van der Waals surface area contributed by atoms with E-state index in [0.29, 0.717) is 0 Å². The highest BCUT2D eigenvalue weighted by Crippen LogP contribution is 2.19. The average Bonchev–Trinajstić information content (AvgIpc) is 2.80. The molecule has 0 saturated carbocycles. The molecule has 0 aromatic carbocycles. The van der Waals surface area contributed by atoms with Crippen molar-refractivity contribution in [3.05, 3.63) is 50.9 Å². The topological polar surface area (TPSA) is 50.9 Å². The summed E-state index contributed by atoms with van der Waals surface area (Å²) in [6.07, 6.45) is 2.64. The van der Waals surface area contributed by atoms with Gasteiger partial charge in [-0.1, -0.05) is 0 Å². The number of halogens is 1. The lowest BCUT2D eigenvalue weighted by molar-refractivity contribution is 0.539. The van der Waals surface area contributed by atoms with Gasteiger partial charge in [0.2, 0.25) is 0 Å². The molecule has 3 nitrogen and oxygen atoms in total. The van der Waals surface area contributed by atoms with Crippen molar-refractivity contribution in [2.45, 2.75) is 12.5 Å². The minimum atomic E-state index is 0.0581. The number of pyridine rings is 1. The Hall–Kier alpha value is -0.750. The second-order valence-electron chi connectivity index (χ2n) is 3.46. The standard InChI is InChI=1S/C11H12BrN3S/c12-9-1-2-10(14-6-9)11(15-13)5-8-3-4-16-7-8/h1-4,6-7,11,15H,5,13H2. The van der Waals surface area contributed by atoms with E-state index in [1.807, 2.05) is 12.1 Å². The molecule has 0 saturated heterocycles. The van der Waals surface area contributed by atoms with Crippen LogP contribution in [0, 0.1) is 0 Å². The molecule has 0 aliphatic carbocycles. The van der Waals surface area contributed by atoms with Crippen molar-refractivity contribution in [3.63, 3.8) is 0 Å². The number of thiophene rings is 1. The number of rotatable bonds is 4. The molecule has 2 aromatic rings. The minimum absolute atomic E-state index is 0.0581. The first kappa shape index (κ1) is 11.7. The Kier molecular flexibility index (Phi) is 4.06. The third kappa shape index (κ3) is 2.89. The van der Waals surface area contributed by atoms with E-state index in [2.05, 4.69) is 43.2 Å². The second kappa shape index (κ2) is 5.54. The molecule has 5 heteroatoms. The van der Waals surface area contributed by atoms with Crippen molar-refractivity contribution in [1.29, 1.82) is 0 Å². The van der Waals surface area contributed by atoms with E-state index < -0.39 is 0 Å². The average molecular weight is 298 g/mol. The largest absolute Gasteiger partial charge is 0.271 e. The molecule has 0 bridgehead atoms. The predicted octanol–water partition coefficient (Wildman–Crippen LogP) is 2.65. The normalized spacial score (nSPS) is 12.6. The first-order valence-electron chi connectivity index (χ1n) is 4.88. The molecule has 84 valence electrons. The van der Waals surface area contributed by atoms with Gasteiger partial charge in [0.15, 0.2) is 0 Å². The molecule has 0 spiro atoms. The Bertz CT molecular complexity index is 427. The third-order valence-corrected chi connectivity index (χ3v) is 3.53. The van der Waals surface area contributed by atoms with Crippen molar-refractivity contribution in [3.8, 4) is 0 Å². The molecular formula is C11H12BrN3S. The zero-order valence-electron chi connectivity index (χ0n) is 8.56. The molecule has 0 amide bonds. The summed E-state index contributed by atoms with van der Waals surface area (Å²) in [6.45, 7) is 0. The fourth-order valence-corrected chi connectivity index (χ4v) is 2.40. The monoisotopic (exact) mass is 297 g/mol. The number of nitrogens with one attached hydrogen (secondary N) is 1. The number of nitrogens with zero attached hydrogens (tertiary/aromatic N) is 1. The van der Waals surface area contributed by atoms with Crippen LogP contribution in [-0.4, -0.2) is 4.98 Å². The minimum Gasteiger partial charge on any atom is -0.271 e. The summed E-state index contributed by atoms with van der Waals surface area (Å²) in [5, 5.41) is 4.20. The van der Waals surface area contributed by atoms with Crippen LogP contribution in [-0.2, 0) is 6.42 Å². The fourth-order valence-electron chi connectivity index (χ4n) is 1.49. The van der Waals surface area contributed by atoms with E-state index in [0.717, 1.165) is 16.6 Å². The van der Waals surface area contributed by atoms with Gasteiger partial charge in [0.25, 0.3) is 0 Å². The SMILES string of the molecule is NNC(Cc1ccsc1)c1ccc(Br)cn1. The summed E-state index contributed by atoms with van der Waals surface area (Å²) in [5.74, 6) is 5.56. The van der Waals surface area contributed by atoms with Gasteiger partial charge in [-0.05, 0) is 56.9 Å². The van der Waals surface area contributed by atoms with Gasteiger partial charge in [0.1, 0.15) is 0 Å². The highest BCUT2D eigenvalue weighted by Gasteiger charge is 2.11. The molecule has 1 atom stereocenters. The van der Waals surface area contributed by atoms with Crippen LogP contribution in [0.2, 0.25) is 0 Å². The quantitative estimate of drug-likeness (QED) is 0.674. The summed E-state index contributed by atoms with van der Waals surface area (Å²) >= 11 is 5.06. The van der Waals surface area contributed by atoms with E-state index in [9.17, 15) is 0 Å². The third-order valence-electron chi connectivity index (χ3n) is 2.33. The summed E-state index contributed by atoms with van der Waals surface area (Å²) in [5.41, 5.74) is 5.03. The molecule has 0 fully saturated rings. The van der Waals surface area contributed by atoms with Crippen molar-refractivity contribution >= 4 is 27.3 Å². The Labute approximate surface area is 107 Å². The van der Waals surface area contributed by atoms with Crippen LogP contribution in [0.15, 0.2) is 39.6 Å². The van der Waals surface area contributed by atoms with Crippen LogP contribution in [0.5, 0.6) is 0 Å². The van der Waals surface area contributed by atoms with E-state index >= 15 is 0 Å². The Morgan fingerprint density at radius 2 is 2.31 bits per heavy atom. The number of hydrazine groups is 1. The van der Waals surface area contributed by atoms with Gasteiger partial charge in [-0.25, -0.2) is 0 Å². The van der Waals surface area contributed by atoms with Gasteiger partial charge in [0, 0.05) is 10.7 Å². The molecule has 2 aromatic heterocycles. The highest BCUT2D eigenvalue weighted by molar-refractivity contribution is 9.10. The van der Waals surface area contributed by atoms with Crippen LogP contribution in [0.25, 0.3) is 0 Å². The molecule has 16 heavy (non-hydrogen) atoms. The maximum Gasteiger partial charge on any atom is 0.0672 e. The van der Waals surface area contributed by atoms with Gasteiger partial charge in [-0.3, -0.25) is 16.3 Å². The maximum atomic E-state index is 5.56. The van der Waals surface area contributed by atoms with Crippen LogP contribution < -0.4 is 11.3 Å². The van der Waals surface area contributed by atoms with Gasteiger partial charge in [0.05, 0.1) is 11.7 Å². The molecule has 0 radical (unpaired) electrons. The van der Waals surface area contributed by atoms with E-state index in [-0.39, 0.29) is 6.04 Å². The first-order valence-corrected chi connectivity index (χ1v) is 6.62. The summed E-state index contributed by atoms with van der Waals surface area (Å²) < 4.78 is 0.975. The van der Waals surface area contributed by atoms with Crippen LogP contribution in [0.1, 0.15) is 17.3 Å². The summed E-state index contributed by atoms with van der Waals surface area (Å²) in [7, 11) is 0. The lowest BCUT2D eigenvalue weighted by Gasteiger charge is -2.14. The van der Waals surface area contributed by atoms with Gasteiger partial charge >= 0.3 is 0 Å². The summed E-state index contributed by atoms with van der Waals surface area (Å²) in [4.78, 5) is 4.34. The molecule has 0 aliphatic rings. The zero-order valence-corrected chi connectivity index (χ0v) is 11.0. The van der Waals surface area contributed by atoms with Gasteiger partial charge < -0.3 is 0 Å². The smallest absolute Gasteiger partial charge is 0.0672 e. The molecule has 2 heterocycles. The Balaban J connectivity index is 2.13. The van der Waals surface area contributed by atoms with Crippen LogP contribution >= 0.6 is 27.3 Å². The lowest BCUT2D eigenvalue weighted by Crippen LogP contribution is -2.30. The van der Waals surface area contributed by atoms with Crippen LogP contribution in [0.3, 0.4) is 0 Å². The van der Waals surface area contributed by atoms with Crippen molar-refractivity contribution < 1.29 is 0 Å². The van der Waals surface area contributed by atoms with Crippen molar-refractivity contribution in [1.82, 2.24) is 10.4 Å². The van der Waals surface area contributed by atoms with Crippen molar-refractivity contribution in [2.75, 3.05) is 0 Å². The molecule has 0 aliphatic heterocycles.